The minimum Gasteiger partial charge on any atom is -0.314 e. The molecule has 0 amide bonds. The Kier molecular flexibility index (Phi) is 6.70. The lowest BCUT2D eigenvalue weighted by atomic mass is 9.81. The average molecular weight is 276 g/mol. The fourth-order valence-corrected chi connectivity index (χ4v) is 2.80. The lowest BCUT2D eigenvalue weighted by Gasteiger charge is -2.36. The largest absolute Gasteiger partial charge is 0.314 e. The van der Waals surface area contributed by atoms with Gasteiger partial charge in [-0.15, -0.1) is 0 Å². The standard InChI is InChI=1S/C18H32N2/c1-15(2)12-20(6)14-18(5,13-19-16(3)4)17-10-8-7-9-11-17/h7-11,15-16,19H,12-14H2,1-6H3. The molecule has 1 aromatic rings. The Morgan fingerprint density at radius 3 is 2.20 bits per heavy atom. The number of benzene rings is 1. The summed E-state index contributed by atoms with van der Waals surface area (Å²) in [6.07, 6.45) is 0. The highest BCUT2D eigenvalue weighted by Gasteiger charge is 2.28. The summed E-state index contributed by atoms with van der Waals surface area (Å²) >= 11 is 0. The molecule has 0 spiro atoms. The Morgan fingerprint density at radius 2 is 1.70 bits per heavy atom. The van der Waals surface area contributed by atoms with Crippen molar-refractivity contribution in [3.63, 3.8) is 0 Å². The van der Waals surface area contributed by atoms with Crippen LogP contribution in [-0.2, 0) is 5.41 Å². The first-order valence-corrected chi connectivity index (χ1v) is 7.81. The monoisotopic (exact) mass is 276 g/mol. The lowest BCUT2D eigenvalue weighted by Crippen LogP contribution is -2.46. The van der Waals surface area contributed by atoms with Crippen molar-refractivity contribution < 1.29 is 0 Å². The normalized spacial score (nSPS) is 15.1. The summed E-state index contributed by atoms with van der Waals surface area (Å²) in [5.74, 6) is 0.707. The van der Waals surface area contributed by atoms with Crippen molar-refractivity contribution in [3.05, 3.63) is 35.9 Å². The van der Waals surface area contributed by atoms with Crippen LogP contribution in [0.15, 0.2) is 30.3 Å². The SMILES string of the molecule is CC(C)CN(C)CC(C)(CNC(C)C)c1ccccc1. The predicted molar refractivity (Wildman–Crippen MR) is 89.3 cm³/mol. The second kappa shape index (κ2) is 7.80. The highest BCUT2D eigenvalue weighted by molar-refractivity contribution is 5.25. The molecular formula is C18H32N2. The Labute approximate surface area is 125 Å². The van der Waals surface area contributed by atoms with Gasteiger partial charge in [-0.05, 0) is 18.5 Å². The van der Waals surface area contributed by atoms with Crippen LogP contribution >= 0.6 is 0 Å². The molecular weight excluding hydrogens is 244 g/mol. The van der Waals surface area contributed by atoms with Crippen LogP contribution in [0, 0.1) is 5.92 Å². The second-order valence-corrected chi connectivity index (χ2v) is 7.05. The molecule has 0 aliphatic rings. The smallest absolute Gasteiger partial charge is 0.0177 e. The highest BCUT2D eigenvalue weighted by Crippen LogP contribution is 2.24. The Hall–Kier alpha value is -0.860. The lowest BCUT2D eigenvalue weighted by molar-refractivity contribution is 0.226. The van der Waals surface area contributed by atoms with Crippen molar-refractivity contribution in [2.45, 2.75) is 46.1 Å². The molecule has 1 unspecified atom stereocenters. The number of nitrogens with one attached hydrogen (secondary N) is 1. The van der Waals surface area contributed by atoms with E-state index >= 15 is 0 Å². The first-order valence-electron chi connectivity index (χ1n) is 7.81. The first-order chi connectivity index (χ1) is 9.33. The van der Waals surface area contributed by atoms with E-state index in [1.165, 1.54) is 5.56 Å². The molecule has 2 nitrogen and oxygen atoms in total. The summed E-state index contributed by atoms with van der Waals surface area (Å²) in [4.78, 5) is 2.46. The van der Waals surface area contributed by atoms with E-state index in [4.69, 9.17) is 0 Å². The summed E-state index contributed by atoms with van der Waals surface area (Å²) in [5.41, 5.74) is 1.57. The van der Waals surface area contributed by atoms with Gasteiger partial charge in [0.15, 0.2) is 0 Å². The minimum atomic E-state index is 0.148. The van der Waals surface area contributed by atoms with Crippen LogP contribution in [0.4, 0.5) is 0 Å². The third-order valence-electron chi connectivity index (χ3n) is 3.67. The van der Waals surface area contributed by atoms with Crippen LogP contribution in [0.3, 0.4) is 0 Å². The molecule has 20 heavy (non-hydrogen) atoms. The Bertz CT molecular complexity index is 372. The van der Waals surface area contributed by atoms with E-state index in [1.54, 1.807) is 0 Å². The van der Waals surface area contributed by atoms with Crippen LogP contribution in [0.2, 0.25) is 0 Å². The van der Waals surface area contributed by atoms with Crippen LogP contribution in [0.5, 0.6) is 0 Å². The van der Waals surface area contributed by atoms with E-state index < -0.39 is 0 Å². The molecule has 0 aromatic heterocycles. The molecule has 0 radical (unpaired) electrons. The van der Waals surface area contributed by atoms with Crippen molar-refractivity contribution in [2.24, 2.45) is 5.92 Å². The third kappa shape index (κ3) is 5.64. The molecule has 1 atom stereocenters. The van der Waals surface area contributed by atoms with Crippen molar-refractivity contribution >= 4 is 0 Å². The molecule has 0 saturated carbocycles. The summed E-state index contributed by atoms with van der Waals surface area (Å²) in [6.45, 7) is 14.6. The quantitative estimate of drug-likeness (QED) is 0.781. The van der Waals surface area contributed by atoms with E-state index in [0.717, 1.165) is 19.6 Å². The van der Waals surface area contributed by atoms with Gasteiger partial charge in [-0.2, -0.15) is 0 Å². The van der Waals surface area contributed by atoms with Gasteiger partial charge in [0.25, 0.3) is 0 Å². The van der Waals surface area contributed by atoms with E-state index in [-0.39, 0.29) is 5.41 Å². The molecule has 0 bridgehead atoms. The fourth-order valence-electron chi connectivity index (χ4n) is 2.80. The first kappa shape index (κ1) is 17.2. The zero-order chi connectivity index (χ0) is 15.2. The molecule has 2 heteroatoms. The molecule has 0 saturated heterocycles. The summed E-state index contributed by atoms with van der Waals surface area (Å²) in [6, 6.07) is 11.4. The fraction of sp³-hybridized carbons (Fsp3) is 0.667. The number of hydrogen-bond donors (Lipinski definition) is 1. The van der Waals surface area contributed by atoms with Crippen molar-refractivity contribution in [3.8, 4) is 0 Å². The molecule has 0 aliphatic heterocycles. The van der Waals surface area contributed by atoms with Crippen molar-refractivity contribution in [2.75, 3.05) is 26.7 Å². The van der Waals surface area contributed by atoms with Gasteiger partial charge in [-0.1, -0.05) is 65.0 Å². The molecule has 0 fully saturated rings. The van der Waals surface area contributed by atoms with Crippen LogP contribution in [0.1, 0.15) is 40.2 Å². The van der Waals surface area contributed by atoms with E-state index in [2.05, 4.69) is 82.2 Å². The van der Waals surface area contributed by atoms with Gasteiger partial charge in [0, 0.05) is 31.1 Å². The zero-order valence-electron chi connectivity index (χ0n) is 14.1. The van der Waals surface area contributed by atoms with Gasteiger partial charge < -0.3 is 10.2 Å². The van der Waals surface area contributed by atoms with Crippen molar-refractivity contribution in [1.29, 1.82) is 0 Å². The number of nitrogens with zero attached hydrogens (tertiary/aromatic N) is 1. The molecule has 0 heterocycles. The molecule has 114 valence electrons. The van der Waals surface area contributed by atoms with Crippen molar-refractivity contribution in [1.82, 2.24) is 10.2 Å². The molecule has 1 aromatic carbocycles. The summed E-state index contributed by atoms with van der Waals surface area (Å²) in [7, 11) is 2.23. The third-order valence-corrected chi connectivity index (χ3v) is 3.67. The van der Waals surface area contributed by atoms with Gasteiger partial charge >= 0.3 is 0 Å². The van der Waals surface area contributed by atoms with Crippen LogP contribution < -0.4 is 5.32 Å². The summed E-state index contributed by atoms with van der Waals surface area (Å²) in [5, 5.41) is 3.62. The van der Waals surface area contributed by atoms with Crippen LogP contribution in [0.25, 0.3) is 0 Å². The number of likely N-dealkylation sites (N-methyl/N-ethyl adjacent to an activating group) is 1. The van der Waals surface area contributed by atoms with Gasteiger partial charge in [0.05, 0.1) is 0 Å². The Balaban J connectivity index is 2.84. The number of hydrogen-bond acceptors (Lipinski definition) is 2. The summed E-state index contributed by atoms with van der Waals surface area (Å²) < 4.78 is 0. The minimum absolute atomic E-state index is 0.148. The Morgan fingerprint density at radius 1 is 1.10 bits per heavy atom. The van der Waals surface area contributed by atoms with Gasteiger partial charge in [0.1, 0.15) is 0 Å². The molecule has 0 aliphatic carbocycles. The van der Waals surface area contributed by atoms with E-state index in [0.29, 0.717) is 12.0 Å². The van der Waals surface area contributed by atoms with Gasteiger partial charge in [-0.25, -0.2) is 0 Å². The van der Waals surface area contributed by atoms with Crippen LogP contribution in [-0.4, -0.2) is 37.6 Å². The maximum absolute atomic E-state index is 3.62. The maximum Gasteiger partial charge on any atom is 0.0177 e. The topological polar surface area (TPSA) is 15.3 Å². The van der Waals surface area contributed by atoms with E-state index in [1.807, 2.05) is 0 Å². The highest BCUT2D eigenvalue weighted by atomic mass is 15.1. The average Bonchev–Trinajstić information content (AvgIpc) is 2.36. The van der Waals surface area contributed by atoms with Gasteiger partial charge in [0.2, 0.25) is 0 Å². The predicted octanol–water partition coefficient (Wildman–Crippen LogP) is 3.53. The zero-order valence-corrected chi connectivity index (χ0v) is 14.1. The number of rotatable bonds is 8. The van der Waals surface area contributed by atoms with Gasteiger partial charge in [-0.3, -0.25) is 0 Å². The maximum atomic E-state index is 3.62. The van der Waals surface area contributed by atoms with E-state index in [9.17, 15) is 0 Å². The second-order valence-electron chi connectivity index (χ2n) is 7.05. The molecule has 1 N–H and O–H groups in total. The molecule has 1 rings (SSSR count).